The van der Waals surface area contributed by atoms with Gasteiger partial charge in [0.15, 0.2) is 0 Å². The molecule has 0 saturated carbocycles. The number of esters is 1. The first-order valence-electron chi connectivity index (χ1n) is 8.54. The molecule has 8 heteroatoms. The average Bonchev–Trinajstić information content (AvgIpc) is 3.22. The molecule has 0 unspecified atom stereocenters. The van der Waals surface area contributed by atoms with Gasteiger partial charge in [0.05, 0.1) is 0 Å². The lowest BCUT2D eigenvalue weighted by atomic mass is 9.96. The van der Waals surface area contributed by atoms with E-state index in [9.17, 15) is 17.6 Å². The largest absolute Gasteiger partial charge is 0.425 e. The number of hydrogen-bond donors (Lipinski definition) is 0. The van der Waals surface area contributed by atoms with Crippen LogP contribution < -0.4 is 4.74 Å². The van der Waals surface area contributed by atoms with Crippen LogP contribution in [0, 0.1) is 5.82 Å². The summed E-state index contributed by atoms with van der Waals surface area (Å²) in [5.41, 5.74) is 1.73. The summed E-state index contributed by atoms with van der Waals surface area (Å²) in [6.45, 7) is 0.0688. The fourth-order valence-corrected chi connectivity index (χ4v) is 5.87. The highest BCUT2D eigenvalue weighted by Gasteiger charge is 2.41. The Morgan fingerprint density at radius 2 is 1.86 bits per heavy atom. The minimum atomic E-state index is -3.88. The van der Waals surface area contributed by atoms with Gasteiger partial charge in [0.2, 0.25) is 0 Å². The number of hydrogen-bond acceptors (Lipinski definition) is 5. The summed E-state index contributed by atoms with van der Waals surface area (Å²) in [4.78, 5) is 12.9. The van der Waals surface area contributed by atoms with Crippen LogP contribution in [0.4, 0.5) is 4.39 Å². The van der Waals surface area contributed by atoms with Crippen molar-refractivity contribution in [1.82, 2.24) is 4.31 Å². The van der Waals surface area contributed by atoms with E-state index in [0.29, 0.717) is 0 Å². The van der Waals surface area contributed by atoms with E-state index in [4.69, 9.17) is 4.74 Å². The fourth-order valence-electron chi connectivity index (χ4n) is 3.19. The van der Waals surface area contributed by atoms with Gasteiger partial charge in [0, 0.05) is 19.0 Å². The summed E-state index contributed by atoms with van der Waals surface area (Å²) in [5.74, 6) is -1.24. The van der Waals surface area contributed by atoms with E-state index < -0.39 is 27.9 Å². The van der Waals surface area contributed by atoms with Crippen molar-refractivity contribution in [2.24, 2.45) is 0 Å². The number of carbonyl (C=O) groups is 1. The SMILES string of the molecule is O=C(Oc1cccc(F)c1)[C@H]1Cc2ccccc2CN1S(=O)(=O)c1cccs1. The van der Waals surface area contributed by atoms with Crippen LogP contribution in [0.5, 0.6) is 5.75 Å². The van der Waals surface area contributed by atoms with Crippen LogP contribution in [-0.2, 0) is 27.8 Å². The van der Waals surface area contributed by atoms with E-state index in [0.717, 1.165) is 28.5 Å². The molecule has 2 heterocycles. The minimum absolute atomic E-state index is 0.0392. The lowest BCUT2D eigenvalue weighted by Crippen LogP contribution is -2.49. The van der Waals surface area contributed by atoms with Crippen LogP contribution in [0.25, 0.3) is 0 Å². The Bertz CT molecular complexity index is 1110. The number of rotatable bonds is 4. The van der Waals surface area contributed by atoms with E-state index in [1.54, 1.807) is 11.4 Å². The average molecular weight is 417 g/mol. The number of halogens is 1. The fraction of sp³-hybridized carbons (Fsp3) is 0.150. The highest BCUT2D eigenvalue weighted by Crippen LogP contribution is 2.31. The van der Waals surface area contributed by atoms with Crippen LogP contribution >= 0.6 is 11.3 Å². The Balaban J connectivity index is 1.70. The zero-order chi connectivity index (χ0) is 19.7. The Labute approximate surface area is 166 Å². The normalized spacial score (nSPS) is 17.1. The number of nitrogens with zero attached hydrogens (tertiary/aromatic N) is 1. The summed E-state index contributed by atoms with van der Waals surface area (Å²) < 4.78 is 46.4. The zero-order valence-electron chi connectivity index (χ0n) is 14.6. The second kappa shape index (κ2) is 7.46. The second-order valence-corrected chi connectivity index (χ2v) is 9.41. The molecule has 0 fully saturated rings. The van der Waals surface area contributed by atoms with Crippen LogP contribution in [-0.4, -0.2) is 24.7 Å². The first kappa shape index (κ1) is 18.8. The molecule has 0 amide bonds. The summed E-state index contributed by atoms with van der Waals surface area (Å²) in [6, 6.07) is 14.7. The van der Waals surface area contributed by atoms with Crippen molar-refractivity contribution in [2.75, 3.05) is 0 Å². The molecule has 144 valence electrons. The molecule has 1 aliphatic rings. The van der Waals surface area contributed by atoms with Crippen molar-refractivity contribution in [3.8, 4) is 5.75 Å². The zero-order valence-corrected chi connectivity index (χ0v) is 16.3. The highest BCUT2D eigenvalue weighted by atomic mass is 32.2. The summed E-state index contributed by atoms with van der Waals surface area (Å²) in [7, 11) is -3.88. The van der Waals surface area contributed by atoms with Crippen molar-refractivity contribution in [3.63, 3.8) is 0 Å². The number of sulfonamides is 1. The summed E-state index contributed by atoms with van der Waals surface area (Å²) in [6.07, 6.45) is 0.189. The molecule has 0 aliphatic carbocycles. The van der Waals surface area contributed by atoms with Crippen LogP contribution in [0.1, 0.15) is 11.1 Å². The molecule has 0 radical (unpaired) electrons. The Morgan fingerprint density at radius 1 is 1.07 bits per heavy atom. The lowest BCUT2D eigenvalue weighted by Gasteiger charge is -2.34. The van der Waals surface area contributed by atoms with Crippen molar-refractivity contribution in [1.29, 1.82) is 0 Å². The van der Waals surface area contributed by atoms with E-state index >= 15 is 0 Å². The van der Waals surface area contributed by atoms with E-state index in [1.165, 1.54) is 28.6 Å². The van der Waals surface area contributed by atoms with Gasteiger partial charge in [-0.3, -0.25) is 0 Å². The molecule has 0 bridgehead atoms. The smallest absolute Gasteiger partial charge is 0.330 e. The van der Waals surface area contributed by atoms with Crippen LogP contribution in [0.2, 0.25) is 0 Å². The van der Waals surface area contributed by atoms with Gasteiger partial charge < -0.3 is 4.74 Å². The van der Waals surface area contributed by atoms with Gasteiger partial charge >= 0.3 is 5.97 Å². The Hall–Kier alpha value is -2.55. The predicted octanol–water partition coefficient (Wildman–Crippen LogP) is 3.61. The van der Waals surface area contributed by atoms with Gasteiger partial charge in [-0.2, -0.15) is 4.31 Å². The first-order valence-corrected chi connectivity index (χ1v) is 10.9. The monoisotopic (exact) mass is 417 g/mol. The minimum Gasteiger partial charge on any atom is -0.425 e. The van der Waals surface area contributed by atoms with Crippen LogP contribution in [0.3, 0.4) is 0 Å². The molecule has 4 rings (SSSR count). The maximum atomic E-state index is 13.4. The van der Waals surface area contributed by atoms with Crippen LogP contribution in [0.15, 0.2) is 70.3 Å². The summed E-state index contributed by atoms with van der Waals surface area (Å²) >= 11 is 1.09. The molecule has 1 atom stereocenters. The van der Waals surface area contributed by atoms with Gasteiger partial charge in [0.1, 0.15) is 21.8 Å². The highest BCUT2D eigenvalue weighted by molar-refractivity contribution is 7.91. The molecule has 1 aromatic heterocycles. The Morgan fingerprint density at radius 3 is 2.57 bits per heavy atom. The van der Waals surface area contributed by atoms with Crippen molar-refractivity contribution in [2.45, 2.75) is 23.2 Å². The molecule has 1 aliphatic heterocycles. The number of fused-ring (bicyclic) bond motifs is 1. The maximum absolute atomic E-state index is 13.4. The molecule has 28 heavy (non-hydrogen) atoms. The van der Waals surface area contributed by atoms with E-state index in [2.05, 4.69) is 0 Å². The molecule has 0 N–H and O–H groups in total. The number of carbonyl (C=O) groups excluding carboxylic acids is 1. The number of benzene rings is 2. The second-order valence-electron chi connectivity index (χ2n) is 6.35. The predicted molar refractivity (Wildman–Crippen MR) is 103 cm³/mol. The molecular formula is C20H16FNO4S2. The maximum Gasteiger partial charge on any atom is 0.330 e. The molecular weight excluding hydrogens is 401 g/mol. The number of thiophene rings is 1. The quantitative estimate of drug-likeness (QED) is 0.481. The molecule has 0 saturated heterocycles. The standard InChI is InChI=1S/C20H16FNO4S2/c21-16-7-3-8-17(12-16)26-20(23)18-11-14-5-1-2-6-15(14)13-22(18)28(24,25)19-9-4-10-27-19/h1-10,12,18H,11,13H2/t18-/m1/s1. The topological polar surface area (TPSA) is 63.7 Å². The molecule has 5 nitrogen and oxygen atoms in total. The Kier molecular flexibility index (Phi) is 5.01. The van der Waals surface area contributed by atoms with Crippen molar-refractivity contribution in [3.05, 3.63) is 83.0 Å². The van der Waals surface area contributed by atoms with E-state index in [-0.39, 0.29) is 22.9 Å². The van der Waals surface area contributed by atoms with Gasteiger partial charge in [0.25, 0.3) is 10.0 Å². The third-order valence-electron chi connectivity index (χ3n) is 4.55. The van der Waals surface area contributed by atoms with Gasteiger partial charge in [-0.15, -0.1) is 11.3 Å². The third-order valence-corrected chi connectivity index (χ3v) is 7.78. The van der Waals surface area contributed by atoms with Crippen molar-refractivity contribution < 1.29 is 22.3 Å². The van der Waals surface area contributed by atoms with Gasteiger partial charge in [-0.05, 0) is 34.7 Å². The molecule has 2 aromatic carbocycles. The van der Waals surface area contributed by atoms with E-state index in [1.807, 2.05) is 24.3 Å². The molecule has 3 aromatic rings. The lowest BCUT2D eigenvalue weighted by molar-refractivity contribution is -0.139. The third kappa shape index (κ3) is 3.58. The van der Waals surface area contributed by atoms with Crippen molar-refractivity contribution >= 4 is 27.3 Å². The molecule has 0 spiro atoms. The van der Waals surface area contributed by atoms with Gasteiger partial charge in [-0.1, -0.05) is 36.4 Å². The number of ether oxygens (including phenoxy) is 1. The first-order chi connectivity index (χ1) is 13.4. The van der Waals surface area contributed by atoms with Gasteiger partial charge in [-0.25, -0.2) is 17.6 Å². The summed E-state index contributed by atoms with van der Waals surface area (Å²) in [5, 5.41) is 1.67.